The lowest BCUT2D eigenvalue weighted by Crippen LogP contribution is -2.35. The van der Waals surface area contributed by atoms with E-state index in [0.29, 0.717) is 12.0 Å². The summed E-state index contributed by atoms with van der Waals surface area (Å²) >= 11 is 0. The fourth-order valence-corrected chi connectivity index (χ4v) is 2.86. The van der Waals surface area contributed by atoms with Crippen LogP contribution in [0.3, 0.4) is 0 Å². The van der Waals surface area contributed by atoms with E-state index in [2.05, 4.69) is 25.7 Å². The third-order valence-electron chi connectivity index (χ3n) is 4.42. The van der Waals surface area contributed by atoms with Gasteiger partial charge in [-0.05, 0) is 58.0 Å². The van der Waals surface area contributed by atoms with E-state index < -0.39 is 0 Å². The van der Waals surface area contributed by atoms with Gasteiger partial charge in [-0.3, -0.25) is 0 Å². The minimum Gasteiger partial charge on any atom is -0.393 e. The standard InChI is InChI=1S/C15H31NO/c1-4-6-11-16(13(3)5-2)12-10-14-8-7-9-15(14)17/h13-15,17H,4-12H2,1-3H3. The van der Waals surface area contributed by atoms with E-state index in [1.165, 1.54) is 51.6 Å². The van der Waals surface area contributed by atoms with E-state index in [-0.39, 0.29) is 6.10 Å². The van der Waals surface area contributed by atoms with Crippen molar-refractivity contribution >= 4 is 0 Å². The summed E-state index contributed by atoms with van der Waals surface area (Å²) in [7, 11) is 0. The van der Waals surface area contributed by atoms with E-state index in [9.17, 15) is 5.11 Å². The SMILES string of the molecule is CCCCN(CCC1CCCC1O)C(C)CC. The quantitative estimate of drug-likeness (QED) is 0.703. The van der Waals surface area contributed by atoms with Crippen LogP contribution in [-0.4, -0.2) is 35.2 Å². The van der Waals surface area contributed by atoms with Crippen molar-refractivity contribution in [2.45, 2.75) is 77.9 Å². The first-order valence-electron chi connectivity index (χ1n) is 7.61. The largest absolute Gasteiger partial charge is 0.393 e. The zero-order valence-electron chi connectivity index (χ0n) is 12.0. The second-order valence-corrected chi connectivity index (χ2v) is 5.69. The van der Waals surface area contributed by atoms with Crippen LogP contribution < -0.4 is 0 Å². The van der Waals surface area contributed by atoms with Crippen molar-refractivity contribution in [2.24, 2.45) is 5.92 Å². The third kappa shape index (κ3) is 4.97. The first-order valence-corrected chi connectivity index (χ1v) is 7.61. The minimum atomic E-state index is -0.0139. The fourth-order valence-electron chi connectivity index (χ4n) is 2.86. The lowest BCUT2D eigenvalue weighted by atomic mass is 10.0. The molecule has 102 valence electrons. The van der Waals surface area contributed by atoms with Gasteiger partial charge in [-0.1, -0.05) is 26.7 Å². The number of hydrogen-bond acceptors (Lipinski definition) is 2. The van der Waals surface area contributed by atoms with E-state index in [1.807, 2.05) is 0 Å². The molecule has 17 heavy (non-hydrogen) atoms. The van der Waals surface area contributed by atoms with Crippen molar-refractivity contribution in [3.05, 3.63) is 0 Å². The summed E-state index contributed by atoms with van der Waals surface area (Å²) in [6, 6.07) is 0.695. The van der Waals surface area contributed by atoms with Gasteiger partial charge in [-0.2, -0.15) is 0 Å². The molecule has 1 N–H and O–H groups in total. The van der Waals surface area contributed by atoms with Gasteiger partial charge in [0.2, 0.25) is 0 Å². The molecule has 0 aromatic carbocycles. The van der Waals surface area contributed by atoms with Crippen molar-refractivity contribution < 1.29 is 5.11 Å². The van der Waals surface area contributed by atoms with Crippen LogP contribution in [0.2, 0.25) is 0 Å². The molecule has 0 spiro atoms. The summed E-state index contributed by atoms with van der Waals surface area (Å²) in [6.07, 6.45) is 8.49. The third-order valence-corrected chi connectivity index (χ3v) is 4.42. The molecule has 1 aliphatic rings. The van der Waals surface area contributed by atoms with Crippen LogP contribution in [-0.2, 0) is 0 Å². The summed E-state index contributed by atoms with van der Waals surface area (Å²) in [5.74, 6) is 0.572. The highest BCUT2D eigenvalue weighted by Gasteiger charge is 2.25. The van der Waals surface area contributed by atoms with Crippen LogP contribution in [0.4, 0.5) is 0 Å². The second-order valence-electron chi connectivity index (χ2n) is 5.69. The Labute approximate surface area is 107 Å². The van der Waals surface area contributed by atoms with E-state index in [0.717, 1.165) is 6.42 Å². The van der Waals surface area contributed by atoms with Crippen molar-refractivity contribution in [1.29, 1.82) is 0 Å². The molecule has 0 saturated heterocycles. The summed E-state index contributed by atoms with van der Waals surface area (Å²) in [5, 5.41) is 9.86. The molecule has 1 aliphatic carbocycles. The average Bonchev–Trinajstić information content (AvgIpc) is 2.74. The Kier molecular flexibility index (Phi) is 7.14. The molecule has 0 bridgehead atoms. The highest BCUT2D eigenvalue weighted by Crippen LogP contribution is 2.28. The van der Waals surface area contributed by atoms with Gasteiger partial charge in [0.15, 0.2) is 0 Å². The lowest BCUT2D eigenvalue weighted by molar-refractivity contribution is 0.110. The molecule has 0 aliphatic heterocycles. The summed E-state index contributed by atoms with van der Waals surface area (Å²) in [6.45, 7) is 9.27. The molecular formula is C15H31NO. The molecule has 2 heteroatoms. The Morgan fingerprint density at radius 3 is 2.53 bits per heavy atom. The molecule has 0 amide bonds. The summed E-state index contributed by atoms with van der Waals surface area (Å²) in [5.41, 5.74) is 0. The number of hydrogen-bond donors (Lipinski definition) is 1. The summed E-state index contributed by atoms with van der Waals surface area (Å²) < 4.78 is 0. The Hall–Kier alpha value is -0.0800. The smallest absolute Gasteiger partial charge is 0.0568 e. The van der Waals surface area contributed by atoms with Crippen molar-refractivity contribution in [1.82, 2.24) is 4.90 Å². The molecule has 1 fully saturated rings. The van der Waals surface area contributed by atoms with Crippen molar-refractivity contribution in [2.75, 3.05) is 13.1 Å². The predicted octanol–water partition coefficient (Wildman–Crippen LogP) is 3.44. The predicted molar refractivity (Wildman–Crippen MR) is 74.2 cm³/mol. The number of aliphatic hydroxyl groups is 1. The van der Waals surface area contributed by atoms with Gasteiger partial charge in [0, 0.05) is 6.04 Å². The number of nitrogens with zero attached hydrogens (tertiary/aromatic N) is 1. The highest BCUT2D eigenvalue weighted by molar-refractivity contribution is 4.78. The van der Waals surface area contributed by atoms with Gasteiger partial charge in [0.05, 0.1) is 6.10 Å². The fraction of sp³-hybridized carbons (Fsp3) is 1.00. The Balaban J connectivity index is 2.31. The zero-order valence-corrected chi connectivity index (χ0v) is 12.0. The highest BCUT2D eigenvalue weighted by atomic mass is 16.3. The molecule has 0 heterocycles. The molecule has 3 unspecified atom stereocenters. The van der Waals surface area contributed by atoms with Crippen LogP contribution in [0.25, 0.3) is 0 Å². The molecule has 0 aromatic rings. The van der Waals surface area contributed by atoms with Crippen molar-refractivity contribution in [3.8, 4) is 0 Å². The van der Waals surface area contributed by atoms with Gasteiger partial charge in [-0.25, -0.2) is 0 Å². The second kappa shape index (κ2) is 8.10. The van der Waals surface area contributed by atoms with Gasteiger partial charge in [0.25, 0.3) is 0 Å². The van der Waals surface area contributed by atoms with Crippen molar-refractivity contribution in [3.63, 3.8) is 0 Å². The maximum Gasteiger partial charge on any atom is 0.0568 e. The molecule has 3 atom stereocenters. The topological polar surface area (TPSA) is 23.5 Å². The number of aliphatic hydroxyl groups excluding tert-OH is 1. The van der Waals surface area contributed by atoms with Crippen LogP contribution in [0, 0.1) is 5.92 Å². The van der Waals surface area contributed by atoms with Crippen LogP contribution >= 0.6 is 0 Å². The average molecular weight is 241 g/mol. The van der Waals surface area contributed by atoms with Crippen LogP contribution in [0.5, 0.6) is 0 Å². The zero-order chi connectivity index (χ0) is 12.7. The van der Waals surface area contributed by atoms with Gasteiger partial charge in [-0.15, -0.1) is 0 Å². The molecular weight excluding hydrogens is 210 g/mol. The summed E-state index contributed by atoms with van der Waals surface area (Å²) in [4.78, 5) is 2.62. The van der Waals surface area contributed by atoms with E-state index >= 15 is 0 Å². The van der Waals surface area contributed by atoms with Crippen LogP contribution in [0.1, 0.15) is 65.7 Å². The Bertz CT molecular complexity index is 195. The molecule has 2 nitrogen and oxygen atoms in total. The molecule has 1 rings (SSSR count). The van der Waals surface area contributed by atoms with Gasteiger partial charge in [0.1, 0.15) is 0 Å². The van der Waals surface area contributed by atoms with E-state index in [4.69, 9.17) is 0 Å². The lowest BCUT2D eigenvalue weighted by Gasteiger charge is -2.29. The Morgan fingerprint density at radius 1 is 1.24 bits per heavy atom. The Morgan fingerprint density at radius 2 is 2.00 bits per heavy atom. The van der Waals surface area contributed by atoms with Crippen LogP contribution in [0.15, 0.2) is 0 Å². The minimum absolute atomic E-state index is 0.0139. The monoisotopic (exact) mass is 241 g/mol. The maximum absolute atomic E-state index is 9.86. The molecule has 1 saturated carbocycles. The van der Waals surface area contributed by atoms with Gasteiger partial charge < -0.3 is 10.0 Å². The maximum atomic E-state index is 9.86. The van der Waals surface area contributed by atoms with Gasteiger partial charge >= 0.3 is 0 Å². The number of rotatable bonds is 8. The molecule has 0 radical (unpaired) electrons. The number of unbranched alkanes of at least 4 members (excludes halogenated alkanes) is 1. The first-order chi connectivity index (χ1) is 8.19. The normalized spacial score (nSPS) is 26.6. The van der Waals surface area contributed by atoms with E-state index in [1.54, 1.807) is 0 Å². The first kappa shape index (κ1) is 15.0. The molecule has 0 aromatic heterocycles.